The van der Waals surface area contributed by atoms with Crippen LogP contribution in [0.25, 0.3) is 0 Å². The maximum atomic E-state index is 12.8. The molecule has 0 unspecified atom stereocenters. The molecule has 3 rings (SSSR count). The number of likely N-dealkylation sites (tertiary alicyclic amines) is 1. The van der Waals surface area contributed by atoms with Crippen molar-refractivity contribution in [2.75, 3.05) is 13.1 Å². The summed E-state index contributed by atoms with van der Waals surface area (Å²) in [4.78, 5) is 14.7. The van der Waals surface area contributed by atoms with Crippen molar-refractivity contribution in [3.63, 3.8) is 0 Å². The summed E-state index contributed by atoms with van der Waals surface area (Å²) < 4.78 is 27.9. The molecule has 0 spiro atoms. The molecule has 0 radical (unpaired) electrons. The average molecular weight is 407 g/mol. The summed E-state index contributed by atoms with van der Waals surface area (Å²) in [6, 6.07) is 11.7. The van der Waals surface area contributed by atoms with Gasteiger partial charge >= 0.3 is 0 Å². The minimum Gasteiger partial charge on any atom is -0.339 e. The van der Waals surface area contributed by atoms with Gasteiger partial charge in [-0.2, -0.15) is 0 Å². The van der Waals surface area contributed by atoms with E-state index in [9.17, 15) is 13.2 Å². The Kier molecular flexibility index (Phi) is 6.19. The van der Waals surface area contributed by atoms with Crippen molar-refractivity contribution < 1.29 is 13.2 Å². The van der Waals surface area contributed by atoms with Gasteiger partial charge in [0.1, 0.15) is 0 Å². The number of sulfonamides is 1. The molecule has 1 aliphatic heterocycles. The fraction of sp³-hybridized carbons (Fsp3) is 0.350. The molecule has 1 saturated heterocycles. The Hall–Kier alpha value is -1.89. The number of amides is 1. The third kappa shape index (κ3) is 4.89. The second kappa shape index (κ2) is 8.42. The number of nitrogens with one attached hydrogen (secondary N) is 1. The lowest BCUT2D eigenvalue weighted by molar-refractivity contribution is 0.0723. The zero-order valence-electron chi connectivity index (χ0n) is 15.2. The quantitative estimate of drug-likeness (QED) is 0.822. The van der Waals surface area contributed by atoms with E-state index in [4.69, 9.17) is 11.6 Å². The summed E-state index contributed by atoms with van der Waals surface area (Å²) in [5, 5.41) is 0.598. The maximum absolute atomic E-state index is 12.8. The molecule has 1 aliphatic rings. The molecule has 1 N–H and O–H groups in total. The maximum Gasteiger partial charge on any atom is 0.254 e. The van der Waals surface area contributed by atoms with Crippen LogP contribution in [-0.2, 0) is 16.6 Å². The Morgan fingerprint density at radius 2 is 1.74 bits per heavy atom. The van der Waals surface area contributed by atoms with E-state index < -0.39 is 10.0 Å². The molecule has 7 heteroatoms. The first kappa shape index (κ1) is 19.9. The van der Waals surface area contributed by atoms with Crippen LogP contribution >= 0.6 is 11.6 Å². The van der Waals surface area contributed by atoms with E-state index in [1.807, 2.05) is 11.8 Å². The van der Waals surface area contributed by atoms with Gasteiger partial charge < -0.3 is 4.90 Å². The fourth-order valence-corrected chi connectivity index (χ4v) is 4.30. The lowest BCUT2D eigenvalue weighted by Crippen LogP contribution is -2.36. The van der Waals surface area contributed by atoms with Gasteiger partial charge in [0.05, 0.1) is 4.90 Å². The molecular formula is C20H23ClN2O3S. The molecule has 1 heterocycles. The molecule has 1 amide bonds. The molecule has 5 nitrogen and oxygen atoms in total. The van der Waals surface area contributed by atoms with Crippen molar-refractivity contribution >= 4 is 27.5 Å². The van der Waals surface area contributed by atoms with Crippen LogP contribution in [0.3, 0.4) is 0 Å². The van der Waals surface area contributed by atoms with E-state index in [0.717, 1.165) is 43.5 Å². The van der Waals surface area contributed by atoms with Crippen LogP contribution in [0.4, 0.5) is 0 Å². The highest BCUT2D eigenvalue weighted by Gasteiger charge is 2.22. The van der Waals surface area contributed by atoms with Gasteiger partial charge in [-0.3, -0.25) is 4.79 Å². The topological polar surface area (TPSA) is 66.5 Å². The van der Waals surface area contributed by atoms with Crippen LogP contribution in [0.2, 0.25) is 5.02 Å². The molecule has 0 aliphatic carbocycles. The number of carbonyl (C=O) groups is 1. The van der Waals surface area contributed by atoms with E-state index in [1.165, 1.54) is 12.1 Å². The summed E-state index contributed by atoms with van der Waals surface area (Å²) in [7, 11) is -3.73. The van der Waals surface area contributed by atoms with Gasteiger partial charge in [-0.1, -0.05) is 29.8 Å². The fourth-order valence-electron chi connectivity index (χ4n) is 3.13. The van der Waals surface area contributed by atoms with E-state index in [-0.39, 0.29) is 17.3 Å². The summed E-state index contributed by atoms with van der Waals surface area (Å²) in [6.07, 6.45) is 3.11. The van der Waals surface area contributed by atoms with E-state index >= 15 is 0 Å². The standard InChI is InChI=1S/C20H23ClN2O3S/c1-15-5-10-18(13-19(15)20(24)23-11-3-2-4-12-23)27(25,26)22-14-16-6-8-17(21)9-7-16/h5-10,13,22H,2-4,11-12,14H2,1H3. The van der Waals surface area contributed by atoms with Crippen LogP contribution in [0.5, 0.6) is 0 Å². The van der Waals surface area contributed by atoms with Crippen molar-refractivity contribution in [3.05, 3.63) is 64.2 Å². The first-order valence-electron chi connectivity index (χ1n) is 9.01. The molecule has 2 aromatic rings. The van der Waals surface area contributed by atoms with Crippen LogP contribution in [0, 0.1) is 6.92 Å². The number of piperidine rings is 1. The van der Waals surface area contributed by atoms with Crippen molar-refractivity contribution in [2.24, 2.45) is 0 Å². The zero-order chi connectivity index (χ0) is 19.4. The Balaban J connectivity index is 1.78. The third-order valence-electron chi connectivity index (χ3n) is 4.77. The largest absolute Gasteiger partial charge is 0.339 e. The van der Waals surface area contributed by atoms with Crippen LogP contribution in [0.1, 0.15) is 40.7 Å². The molecular weight excluding hydrogens is 384 g/mol. The molecule has 144 valence electrons. The van der Waals surface area contributed by atoms with Gasteiger partial charge in [0, 0.05) is 30.2 Å². The molecule has 0 saturated carbocycles. The smallest absolute Gasteiger partial charge is 0.254 e. The van der Waals surface area contributed by atoms with Gasteiger partial charge in [0.15, 0.2) is 0 Å². The van der Waals surface area contributed by atoms with E-state index in [2.05, 4.69) is 4.72 Å². The average Bonchev–Trinajstić information content (AvgIpc) is 2.68. The molecule has 2 aromatic carbocycles. The van der Waals surface area contributed by atoms with Gasteiger partial charge in [0.25, 0.3) is 5.91 Å². The number of aryl methyl sites for hydroxylation is 1. The van der Waals surface area contributed by atoms with Gasteiger partial charge in [-0.15, -0.1) is 0 Å². The number of benzene rings is 2. The first-order chi connectivity index (χ1) is 12.9. The lowest BCUT2D eigenvalue weighted by atomic mass is 10.1. The van der Waals surface area contributed by atoms with Crippen LogP contribution < -0.4 is 4.72 Å². The molecule has 27 heavy (non-hydrogen) atoms. The zero-order valence-corrected chi connectivity index (χ0v) is 16.8. The van der Waals surface area contributed by atoms with E-state index in [0.29, 0.717) is 10.6 Å². The molecule has 1 fully saturated rings. The number of halogens is 1. The van der Waals surface area contributed by atoms with E-state index in [1.54, 1.807) is 30.3 Å². The summed E-state index contributed by atoms with van der Waals surface area (Å²) in [5.41, 5.74) is 2.04. The highest BCUT2D eigenvalue weighted by Crippen LogP contribution is 2.20. The van der Waals surface area contributed by atoms with Crippen molar-refractivity contribution in [2.45, 2.75) is 37.6 Å². The summed E-state index contributed by atoms with van der Waals surface area (Å²) in [5.74, 6) is -0.0954. The minimum atomic E-state index is -3.73. The number of hydrogen-bond acceptors (Lipinski definition) is 3. The Bertz CT molecular complexity index is 921. The van der Waals surface area contributed by atoms with Crippen LogP contribution in [-0.4, -0.2) is 32.3 Å². The monoisotopic (exact) mass is 406 g/mol. The molecule has 0 atom stereocenters. The predicted octanol–water partition coefficient (Wildman–Crippen LogP) is 3.75. The van der Waals surface area contributed by atoms with Gasteiger partial charge in [-0.05, 0) is 61.6 Å². The first-order valence-corrected chi connectivity index (χ1v) is 10.9. The van der Waals surface area contributed by atoms with Gasteiger partial charge in [0.2, 0.25) is 10.0 Å². The Labute approximate surface area is 165 Å². The number of rotatable bonds is 5. The lowest BCUT2D eigenvalue weighted by Gasteiger charge is -2.27. The Morgan fingerprint density at radius 1 is 1.07 bits per heavy atom. The predicted molar refractivity (Wildman–Crippen MR) is 106 cm³/mol. The summed E-state index contributed by atoms with van der Waals surface area (Å²) in [6.45, 7) is 3.44. The highest BCUT2D eigenvalue weighted by molar-refractivity contribution is 7.89. The number of hydrogen-bond donors (Lipinski definition) is 1. The highest BCUT2D eigenvalue weighted by atomic mass is 35.5. The molecule has 0 aromatic heterocycles. The SMILES string of the molecule is Cc1ccc(S(=O)(=O)NCc2ccc(Cl)cc2)cc1C(=O)N1CCCCC1. The molecule has 0 bridgehead atoms. The normalized spacial score (nSPS) is 15.0. The Morgan fingerprint density at radius 3 is 2.41 bits per heavy atom. The van der Waals surface area contributed by atoms with Gasteiger partial charge in [-0.25, -0.2) is 13.1 Å². The third-order valence-corrected chi connectivity index (χ3v) is 6.42. The van der Waals surface area contributed by atoms with Crippen molar-refractivity contribution in [3.8, 4) is 0 Å². The minimum absolute atomic E-state index is 0.0954. The van der Waals surface area contributed by atoms with Crippen molar-refractivity contribution in [1.29, 1.82) is 0 Å². The van der Waals surface area contributed by atoms with Crippen LogP contribution in [0.15, 0.2) is 47.4 Å². The number of carbonyl (C=O) groups excluding carboxylic acids is 1. The second-order valence-corrected chi connectivity index (χ2v) is 8.98. The number of nitrogens with zero attached hydrogens (tertiary/aromatic N) is 1. The summed E-state index contributed by atoms with van der Waals surface area (Å²) >= 11 is 5.85. The second-order valence-electron chi connectivity index (χ2n) is 6.78. The van der Waals surface area contributed by atoms with Crippen molar-refractivity contribution in [1.82, 2.24) is 9.62 Å².